The molecule has 0 aliphatic heterocycles. The number of amides is 1. The first kappa shape index (κ1) is 16.4. The standard InChI is InChI=1S/C20H21N3O3/c1-2-23-17(13-5-3-6-13)12-16(22-23)15-9-8-14(11-18(15)24)21-20(25)19-7-4-10-26-19/h4,7-13,24H,2-3,5-6H2,1H3,(H,21,25). The molecule has 1 amide bonds. The number of rotatable bonds is 5. The van der Waals surface area contributed by atoms with E-state index in [-0.39, 0.29) is 17.4 Å². The summed E-state index contributed by atoms with van der Waals surface area (Å²) >= 11 is 0. The van der Waals surface area contributed by atoms with E-state index in [1.807, 2.05) is 4.68 Å². The summed E-state index contributed by atoms with van der Waals surface area (Å²) in [5, 5.41) is 17.8. The monoisotopic (exact) mass is 351 g/mol. The lowest BCUT2D eigenvalue weighted by Gasteiger charge is -2.25. The number of aromatic nitrogens is 2. The van der Waals surface area contributed by atoms with E-state index in [1.165, 1.54) is 37.3 Å². The SMILES string of the molecule is CCn1nc(-c2ccc(NC(=O)c3ccco3)cc2O)cc1C1CCC1. The maximum Gasteiger partial charge on any atom is 0.291 e. The van der Waals surface area contributed by atoms with Crippen molar-refractivity contribution in [2.45, 2.75) is 38.6 Å². The van der Waals surface area contributed by atoms with Crippen molar-refractivity contribution in [2.75, 3.05) is 5.32 Å². The molecule has 0 spiro atoms. The van der Waals surface area contributed by atoms with Crippen LogP contribution in [0.4, 0.5) is 5.69 Å². The van der Waals surface area contributed by atoms with Gasteiger partial charge >= 0.3 is 0 Å². The predicted octanol–water partition coefficient (Wildman–Crippen LogP) is 4.39. The van der Waals surface area contributed by atoms with Gasteiger partial charge in [-0.1, -0.05) is 6.42 Å². The summed E-state index contributed by atoms with van der Waals surface area (Å²) in [6.07, 6.45) is 5.12. The molecule has 26 heavy (non-hydrogen) atoms. The average molecular weight is 351 g/mol. The zero-order chi connectivity index (χ0) is 18.1. The molecule has 1 aliphatic rings. The molecule has 0 atom stereocenters. The molecular weight excluding hydrogens is 330 g/mol. The van der Waals surface area contributed by atoms with Crippen LogP contribution in [0.5, 0.6) is 5.75 Å². The highest BCUT2D eigenvalue weighted by Crippen LogP contribution is 2.39. The van der Waals surface area contributed by atoms with Crippen LogP contribution in [0.25, 0.3) is 11.3 Å². The molecule has 0 radical (unpaired) electrons. The minimum atomic E-state index is -0.357. The molecule has 1 fully saturated rings. The van der Waals surface area contributed by atoms with E-state index >= 15 is 0 Å². The quantitative estimate of drug-likeness (QED) is 0.714. The maximum atomic E-state index is 12.0. The fourth-order valence-corrected chi connectivity index (χ4v) is 3.28. The first-order chi connectivity index (χ1) is 12.7. The van der Waals surface area contributed by atoms with Crippen LogP contribution in [0.3, 0.4) is 0 Å². The van der Waals surface area contributed by atoms with E-state index < -0.39 is 0 Å². The molecule has 6 nitrogen and oxygen atoms in total. The van der Waals surface area contributed by atoms with Gasteiger partial charge in [0.05, 0.1) is 12.0 Å². The van der Waals surface area contributed by atoms with E-state index in [4.69, 9.17) is 4.42 Å². The summed E-state index contributed by atoms with van der Waals surface area (Å²) in [6, 6.07) is 10.4. The molecule has 2 aromatic heterocycles. The summed E-state index contributed by atoms with van der Waals surface area (Å²) in [6.45, 7) is 2.88. The van der Waals surface area contributed by atoms with Crippen molar-refractivity contribution in [3.63, 3.8) is 0 Å². The Kier molecular flexibility index (Phi) is 4.24. The molecule has 2 heterocycles. The molecule has 134 valence electrons. The van der Waals surface area contributed by atoms with Crippen LogP contribution in [0, 0.1) is 0 Å². The third-order valence-corrected chi connectivity index (χ3v) is 4.91. The number of furan rings is 1. The minimum Gasteiger partial charge on any atom is -0.507 e. The number of aryl methyl sites for hydroxylation is 1. The van der Waals surface area contributed by atoms with Crippen molar-refractivity contribution in [1.29, 1.82) is 0 Å². The second-order valence-corrected chi connectivity index (χ2v) is 6.56. The molecule has 0 bridgehead atoms. The van der Waals surface area contributed by atoms with Crippen molar-refractivity contribution in [1.82, 2.24) is 9.78 Å². The van der Waals surface area contributed by atoms with Gasteiger partial charge in [0, 0.05) is 35.5 Å². The lowest BCUT2D eigenvalue weighted by atomic mass is 9.82. The largest absolute Gasteiger partial charge is 0.507 e. The number of nitrogens with zero attached hydrogens (tertiary/aromatic N) is 2. The van der Waals surface area contributed by atoms with Crippen LogP contribution in [0.2, 0.25) is 0 Å². The van der Waals surface area contributed by atoms with Gasteiger partial charge in [0.2, 0.25) is 0 Å². The Hall–Kier alpha value is -3.02. The van der Waals surface area contributed by atoms with Crippen molar-refractivity contribution in [3.8, 4) is 17.0 Å². The Balaban J connectivity index is 1.58. The van der Waals surface area contributed by atoms with E-state index in [0.29, 0.717) is 17.2 Å². The zero-order valence-corrected chi connectivity index (χ0v) is 14.6. The lowest BCUT2D eigenvalue weighted by molar-refractivity contribution is 0.0996. The fourth-order valence-electron chi connectivity index (χ4n) is 3.28. The number of phenolic OH excluding ortho intramolecular Hbond substituents is 1. The van der Waals surface area contributed by atoms with E-state index in [0.717, 1.165) is 12.2 Å². The van der Waals surface area contributed by atoms with Crippen molar-refractivity contribution >= 4 is 11.6 Å². The van der Waals surface area contributed by atoms with Gasteiger partial charge in [0.25, 0.3) is 5.91 Å². The number of aromatic hydroxyl groups is 1. The molecular formula is C20H21N3O3. The van der Waals surface area contributed by atoms with Crippen LogP contribution in [-0.4, -0.2) is 20.8 Å². The topological polar surface area (TPSA) is 80.3 Å². The molecule has 4 rings (SSSR count). The van der Waals surface area contributed by atoms with Crippen LogP contribution in [0.1, 0.15) is 48.4 Å². The van der Waals surface area contributed by atoms with E-state index in [1.54, 1.807) is 24.3 Å². The van der Waals surface area contributed by atoms with Crippen LogP contribution in [-0.2, 0) is 6.54 Å². The number of hydrogen-bond donors (Lipinski definition) is 2. The highest BCUT2D eigenvalue weighted by molar-refractivity contribution is 6.02. The average Bonchev–Trinajstić information content (AvgIpc) is 3.23. The second-order valence-electron chi connectivity index (χ2n) is 6.56. The molecule has 1 saturated carbocycles. The van der Waals surface area contributed by atoms with Gasteiger partial charge < -0.3 is 14.8 Å². The van der Waals surface area contributed by atoms with Crippen LogP contribution >= 0.6 is 0 Å². The van der Waals surface area contributed by atoms with E-state index in [2.05, 4.69) is 23.4 Å². The number of anilines is 1. The molecule has 1 aliphatic carbocycles. The summed E-state index contributed by atoms with van der Waals surface area (Å²) < 4.78 is 7.09. The Morgan fingerprint density at radius 2 is 2.19 bits per heavy atom. The smallest absolute Gasteiger partial charge is 0.291 e. The number of benzene rings is 1. The van der Waals surface area contributed by atoms with Crippen molar-refractivity contribution < 1.29 is 14.3 Å². The zero-order valence-electron chi connectivity index (χ0n) is 14.6. The van der Waals surface area contributed by atoms with Gasteiger partial charge in [-0.25, -0.2) is 0 Å². The molecule has 3 aromatic rings. The lowest BCUT2D eigenvalue weighted by Crippen LogP contribution is -2.14. The number of phenols is 1. The molecule has 0 unspecified atom stereocenters. The summed E-state index contributed by atoms with van der Waals surface area (Å²) in [5.41, 5.74) is 3.16. The number of hydrogen-bond acceptors (Lipinski definition) is 4. The highest BCUT2D eigenvalue weighted by atomic mass is 16.3. The first-order valence-electron chi connectivity index (χ1n) is 8.91. The minimum absolute atomic E-state index is 0.0863. The predicted molar refractivity (Wildman–Crippen MR) is 98.3 cm³/mol. The van der Waals surface area contributed by atoms with E-state index in [9.17, 15) is 9.90 Å². The Bertz CT molecular complexity index is 924. The van der Waals surface area contributed by atoms with Gasteiger partial charge in [-0.15, -0.1) is 0 Å². The number of carbonyl (C=O) groups excluding carboxylic acids is 1. The van der Waals surface area contributed by atoms with Crippen molar-refractivity contribution in [3.05, 3.63) is 54.1 Å². The number of carbonyl (C=O) groups is 1. The maximum absolute atomic E-state index is 12.0. The third-order valence-electron chi connectivity index (χ3n) is 4.91. The Morgan fingerprint density at radius 3 is 2.81 bits per heavy atom. The summed E-state index contributed by atoms with van der Waals surface area (Å²) in [5.74, 6) is 0.526. The normalized spacial score (nSPS) is 14.2. The van der Waals surface area contributed by atoms with Crippen LogP contribution in [0.15, 0.2) is 47.1 Å². The molecule has 1 aromatic carbocycles. The van der Waals surface area contributed by atoms with Crippen LogP contribution < -0.4 is 5.32 Å². The Morgan fingerprint density at radius 1 is 1.35 bits per heavy atom. The molecule has 0 saturated heterocycles. The summed E-state index contributed by atoms with van der Waals surface area (Å²) in [4.78, 5) is 12.0. The number of nitrogens with one attached hydrogen (secondary N) is 1. The fraction of sp³-hybridized carbons (Fsp3) is 0.300. The van der Waals surface area contributed by atoms with Crippen molar-refractivity contribution in [2.24, 2.45) is 0 Å². The van der Waals surface area contributed by atoms with Gasteiger partial charge in [-0.3, -0.25) is 9.48 Å². The molecule has 2 N–H and O–H groups in total. The van der Waals surface area contributed by atoms with Gasteiger partial charge in [-0.2, -0.15) is 5.10 Å². The summed E-state index contributed by atoms with van der Waals surface area (Å²) in [7, 11) is 0. The van der Waals surface area contributed by atoms with Gasteiger partial charge in [0.15, 0.2) is 5.76 Å². The third kappa shape index (κ3) is 2.98. The van der Waals surface area contributed by atoms with Gasteiger partial charge in [0.1, 0.15) is 5.75 Å². The first-order valence-corrected chi connectivity index (χ1v) is 8.91. The molecule has 6 heteroatoms. The van der Waals surface area contributed by atoms with Gasteiger partial charge in [-0.05, 0) is 50.1 Å². The second kappa shape index (κ2) is 6.71. The Labute approximate surface area is 151 Å². The highest BCUT2D eigenvalue weighted by Gasteiger charge is 2.24.